The average Bonchev–Trinajstić information content (AvgIpc) is 2.68. The number of amides is 1. The van der Waals surface area contributed by atoms with Gasteiger partial charge in [-0.1, -0.05) is 47.5 Å². The molecular weight excluding hydrogens is 416 g/mol. The maximum Gasteiger partial charge on any atom is 0.273 e. The summed E-state index contributed by atoms with van der Waals surface area (Å²) in [5.74, 6) is -0.920. The molecule has 0 bridgehead atoms. The van der Waals surface area contributed by atoms with Gasteiger partial charge in [-0.25, -0.2) is 8.42 Å². The Kier molecular flexibility index (Phi) is 5.67. The first kappa shape index (κ1) is 20.5. The molecule has 9 heteroatoms. The van der Waals surface area contributed by atoms with E-state index in [0.717, 1.165) is 23.8 Å². The molecule has 0 radical (unpaired) electrons. The van der Waals surface area contributed by atoms with Crippen molar-refractivity contribution in [2.45, 2.75) is 11.8 Å². The monoisotopic (exact) mass is 430 g/mol. The molecule has 29 heavy (non-hydrogen) atoms. The summed E-state index contributed by atoms with van der Waals surface area (Å²) in [6.07, 6.45) is 0. The van der Waals surface area contributed by atoms with Gasteiger partial charge >= 0.3 is 0 Å². The smallest absolute Gasteiger partial charge is 0.268 e. The van der Waals surface area contributed by atoms with Crippen molar-refractivity contribution in [2.24, 2.45) is 0 Å². The molecule has 7 nitrogen and oxygen atoms in total. The molecule has 0 unspecified atom stereocenters. The fourth-order valence-corrected chi connectivity index (χ4v) is 4.31. The van der Waals surface area contributed by atoms with Gasteiger partial charge in [-0.15, -0.1) is 0 Å². The number of sulfonamides is 1. The maximum atomic E-state index is 13.3. The van der Waals surface area contributed by atoms with Gasteiger partial charge in [-0.3, -0.25) is 14.9 Å². The average molecular weight is 431 g/mol. The summed E-state index contributed by atoms with van der Waals surface area (Å²) >= 11 is 6.07. The van der Waals surface area contributed by atoms with Gasteiger partial charge in [0, 0.05) is 12.1 Å². The molecule has 3 aromatic rings. The van der Waals surface area contributed by atoms with Crippen molar-refractivity contribution in [3.05, 3.63) is 99.1 Å². The van der Waals surface area contributed by atoms with Crippen LogP contribution in [0.5, 0.6) is 0 Å². The van der Waals surface area contributed by atoms with Gasteiger partial charge in [0.15, 0.2) is 0 Å². The number of carbonyl (C=O) groups is 1. The van der Waals surface area contributed by atoms with Crippen LogP contribution < -0.4 is 4.31 Å². The summed E-state index contributed by atoms with van der Waals surface area (Å²) in [7, 11) is -4.27. The van der Waals surface area contributed by atoms with E-state index in [0.29, 0.717) is 4.31 Å². The third-order valence-electron chi connectivity index (χ3n) is 4.13. The minimum absolute atomic E-state index is 0.0710. The van der Waals surface area contributed by atoms with E-state index in [4.69, 9.17) is 11.6 Å². The molecule has 3 aromatic carbocycles. The Bertz CT molecular complexity index is 1180. The third kappa shape index (κ3) is 4.13. The van der Waals surface area contributed by atoms with Crippen LogP contribution in [0.25, 0.3) is 0 Å². The Morgan fingerprint density at radius 3 is 2.17 bits per heavy atom. The molecule has 3 rings (SSSR count). The Hall–Kier alpha value is -3.23. The highest BCUT2D eigenvalue weighted by molar-refractivity contribution is 7.93. The zero-order valence-corrected chi connectivity index (χ0v) is 16.7. The fourth-order valence-electron chi connectivity index (χ4n) is 2.64. The number of para-hydroxylation sites is 1. The van der Waals surface area contributed by atoms with Gasteiger partial charge in [0.1, 0.15) is 0 Å². The number of hydrogen-bond acceptors (Lipinski definition) is 5. The Morgan fingerprint density at radius 2 is 1.62 bits per heavy atom. The second-order valence-corrected chi connectivity index (χ2v) is 8.34. The van der Waals surface area contributed by atoms with Gasteiger partial charge in [0.2, 0.25) is 0 Å². The number of anilines is 1. The van der Waals surface area contributed by atoms with Gasteiger partial charge < -0.3 is 0 Å². The zero-order chi connectivity index (χ0) is 21.2. The minimum Gasteiger partial charge on any atom is -0.268 e. The molecule has 0 aliphatic rings. The fraction of sp³-hybridized carbons (Fsp3) is 0.0500. The SMILES string of the molecule is Cc1ccc(S(=O)(=O)N(C(=O)c2ccc([N+](=O)[O-])cc2Cl)c2ccccc2)cc1. The Balaban J connectivity index is 2.16. The van der Waals surface area contributed by atoms with Crippen molar-refractivity contribution in [3.63, 3.8) is 0 Å². The topological polar surface area (TPSA) is 97.6 Å². The van der Waals surface area contributed by atoms with Crippen molar-refractivity contribution in [1.29, 1.82) is 0 Å². The molecule has 0 aliphatic heterocycles. The lowest BCUT2D eigenvalue weighted by molar-refractivity contribution is -0.384. The normalized spacial score (nSPS) is 11.1. The number of aryl methyl sites for hydroxylation is 1. The molecule has 0 aromatic heterocycles. The molecule has 0 saturated carbocycles. The van der Waals surface area contributed by atoms with Gasteiger partial charge in [0.05, 0.1) is 26.1 Å². The number of non-ortho nitro benzene ring substituents is 1. The number of nitrogens with zero attached hydrogens (tertiary/aromatic N) is 2. The number of benzene rings is 3. The van der Waals surface area contributed by atoms with Crippen molar-refractivity contribution >= 4 is 38.9 Å². The molecule has 0 aliphatic carbocycles. The molecule has 0 heterocycles. The largest absolute Gasteiger partial charge is 0.273 e. The lowest BCUT2D eigenvalue weighted by Crippen LogP contribution is -2.37. The molecule has 148 valence electrons. The number of rotatable bonds is 5. The van der Waals surface area contributed by atoms with Crippen LogP contribution in [0.4, 0.5) is 11.4 Å². The summed E-state index contributed by atoms with van der Waals surface area (Å²) in [6, 6.07) is 17.1. The second kappa shape index (κ2) is 8.02. The third-order valence-corrected chi connectivity index (χ3v) is 6.17. The maximum absolute atomic E-state index is 13.3. The van der Waals surface area contributed by atoms with Crippen LogP contribution in [-0.2, 0) is 10.0 Å². The molecule has 0 saturated heterocycles. The van der Waals surface area contributed by atoms with Crippen LogP contribution in [0.2, 0.25) is 5.02 Å². The van der Waals surface area contributed by atoms with E-state index in [1.807, 2.05) is 6.92 Å². The molecule has 0 fully saturated rings. The molecule has 0 N–H and O–H groups in total. The van der Waals surface area contributed by atoms with Crippen LogP contribution in [0, 0.1) is 17.0 Å². The molecule has 0 atom stereocenters. The summed E-state index contributed by atoms with van der Waals surface area (Å²) in [6.45, 7) is 1.81. The lowest BCUT2D eigenvalue weighted by atomic mass is 10.2. The predicted octanol–water partition coefficient (Wildman–Crippen LogP) is 4.59. The lowest BCUT2D eigenvalue weighted by Gasteiger charge is -2.23. The first-order chi connectivity index (χ1) is 13.7. The first-order valence-corrected chi connectivity index (χ1v) is 10.2. The number of nitro groups is 1. The van der Waals surface area contributed by atoms with Crippen LogP contribution >= 0.6 is 11.6 Å². The van der Waals surface area contributed by atoms with E-state index in [1.54, 1.807) is 30.3 Å². The van der Waals surface area contributed by atoms with Crippen molar-refractivity contribution in [1.82, 2.24) is 0 Å². The molecule has 0 spiro atoms. The Labute approximate surface area is 172 Å². The number of halogens is 1. The Morgan fingerprint density at radius 1 is 1.00 bits per heavy atom. The number of hydrogen-bond donors (Lipinski definition) is 0. The quantitative estimate of drug-likeness (QED) is 0.435. The van der Waals surface area contributed by atoms with Crippen LogP contribution in [0.1, 0.15) is 15.9 Å². The summed E-state index contributed by atoms with van der Waals surface area (Å²) in [5.41, 5.74) is 0.503. The highest BCUT2D eigenvalue weighted by Crippen LogP contribution is 2.30. The first-order valence-electron chi connectivity index (χ1n) is 8.37. The van der Waals surface area contributed by atoms with E-state index in [2.05, 4.69) is 0 Å². The van der Waals surface area contributed by atoms with Crippen molar-refractivity contribution in [3.8, 4) is 0 Å². The zero-order valence-electron chi connectivity index (χ0n) is 15.2. The highest BCUT2D eigenvalue weighted by Gasteiger charge is 2.33. The van der Waals surface area contributed by atoms with Gasteiger partial charge in [-0.05, 0) is 37.3 Å². The van der Waals surface area contributed by atoms with Crippen molar-refractivity contribution < 1.29 is 18.1 Å². The minimum atomic E-state index is -4.27. The summed E-state index contributed by atoms with van der Waals surface area (Å²) in [5, 5.41) is 10.7. The van der Waals surface area contributed by atoms with E-state index >= 15 is 0 Å². The second-order valence-electron chi connectivity index (χ2n) is 6.14. The van der Waals surface area contributed by atoms with Gasteiger partial charge in [-0.2, -0.15) is 4.31 Å². The van der Waals surface area contributed by atoms with E-state index < -0.39 is 20.9 Å². The van der Waals surface area contributed by atoms with E-state index in [9.17, 15) is 23.3 Å². The van der Waals surface area contributed by atoms with E-state index in [1.165, 1.54) is 24.3 Å². The van der Waals surface area contributed by atoms with Gasteiger partial charge in [0.25, 0.3) is 21.6 Å². The van der Waals surface area contributed by atoms with Crippen LogP contribution in [0.15, 0.2) is 77.7 Å². The highest BCUT2D eigenvalue weighted by atomic mass is 35.5. The molecular formula is C20H15ClN2O5S. The number of nitro benzene ring substituents is 1. The molecule has 1 amide bonds. The van der Waals surface area contributed by atoms with E-state index in [-0.39, 0.29) is 26.9 Å². The van der Waals surface area contributed by atoms with Crippen LogP contribution in [-0.4, -0.2) is 19.2 Å². The van der Waals surface area contributed by atoms with Crippen LogP contribution in [0.3, 0.4) is 0 Å². The standard InChI is InChI=1S/C20H15ClN2O5S/c1-14-7-10-17(11-8-14)29(27,28)22(15-5-3-2-4-6-15)20(24)18-12-9-16(23(25)26)13-19(18)21/h2-13H,1H3. The summed E-state index contributed by atoms with van der Waals surface area (Å²) < 4.78 is 27.2. The predicted molar refractivity (Wildman–Crippen MR) is 110 cm³/mol. The van der Waals surface area contributed by atoms with Crippen molar-refractivity contribution in [2.75, 3.05) is 4.31 Å². The summed E-state index contributed by atoms with van der Waals surface area (Å²) in [4.78, 5) is 23.4. The number of carbonyl (C=O) groups excluding carboxylic acids is 1.